The molecule has 0 unspecified atom stereocenters. The van der Waals surface area contributed by atoms with Gasteiger partial charge < -0.3 is 9.47 Å². The predicted molar refractivity (Wildman–Crippen MR) is 85.8 cm³/mol. The van der Waals surface area contributed by atoms with Crippen LogP contribution in [0.15, 0.2) is 29.1 Å². The SMILES string of the molecule is COc1ccc(OCCCn2nc(C)c(C)c(C#N)c2=O)cc1. The van der Waals surface area contributed by atoms with Gasteiger partial charge in [0.1, 0.15) is 23.1 Å². The monoisotopic (exact) mass is 313 g/mol. The van der Waals surface area contributed by atoms with Gasteiger partial charge in [0.15, 0.2) is 0 Å². The molecule has 0 spiro atoms. The van der Waals surface area contributed by atoms with Crippen molar-refractivity contribution in [3.8, 4) is 17.6 Å². The Hall–Kier alpha value is -2.81. The van der Waals surface area contributed by atoms with Crippen molar-refractivity contribution >= 4 is 0 Å². The van der Waals surface area contributed by atoms with E-state index in [4.69, 9.17) is 14.7 Å². The molecule has 6 nitrogen and oxygen atoms in total. The van der Waals surface area contributed by atoms with Crippen LogP contribution in [-0.4, -0.2) is 23.5 Å². The standard InChI is InChI=1S/C17H19N3O3/c1-12-13(2)19-20(17(21)16(12)11-18)9-4-10-23-15-7-5-14(22-3)6-8-15/h5-8H,4,9-10H2,1-3H3. The van der Waals surface area contributed by atoms with Crippen molar-refractivity contribution < 1.29 is 9.47 Å². The maximum atomic E-state index is 12.1. The van der Waals surface area contributed by atoms with Crippen LogP contribution in [0.4, 0.5) is 0 Å². The molecule has 0 aliphatic carbocycles. The third kappa shape index (κ3) is 3.89. The third-order valence-electron chi connectivity index (χ3n) is 3.59. The minimum atomic E-state index is -0.347. The van der Waals surface area contributed by atoms with Crippen molar-refractivity contribution in [2.45, 2.75) is 26.8 Å². The van der Waals surface area contributed by atoms with Crippen LogP contribution in [0.5, 0.6) is 11.5 Å². The van der Waals surface area contributed by atoms with Crippen LogP contribution in [0.3, 0.4) is 0 Å². The Labute approximate surface area is 134 Å². The summed E-state index contributed by atoms with van der Waals surface area (Å²) in [4.78, 5) is 12.1. The number of aryl methyl sites for hydroxylation is 2. The Morgan fingerprint density at radius 2 is 1.87 bits per heavy atom. The van der Waals surface area contributed by atoms with Crippen molar-refractivity contribution in [3.63, 3.8) is 0 Å². The second-order valence-electron chi connectivity index (χ2n) is 5.10. The molecule has 1 aromatic carbocycles. The molecule has 0 atom stereocenters. The van der Waals surface area contributed by atoms with E-state index in [-0.39, 0.29) is 11.1 Å². The van der Waals surface area contributed by atoms with Crippen LogP contribution in [0.25, 0.3) is 0 Å². The number of ether oxygens (including phenoxy) is 2. The van der Waals surface area contributed by atoms with Crippen molar-refractivity contribution in [2.75, 3.05) is 13.7 Å². The van der Waals surface area contributed by atoms with E-state index in [0.717, 1.165) is 11.5 Å². The van der Waals surface area contributed by atoms with Crippen molar-refractivity contribution in [2.24, 2.45) is 0 Å². The summed E-state index contributed by atoms with van der Waals surface area (Å²) in [5.41, 5.74) is 1.15. The summed E-state index contributed by atoms with van der Waals surface area (Å²) >= 11 is 0. The fraction of sp³-hybridized carbons (Fsp3) is 0.353. The molecule has 0 aliphatic heterocycles. The Morgan fingerprint density at radius 1 is 1.22 bits per heavy atom. The molecular weight excluding hydrogens is 294 g/mol. The molecule has 0 saturated heterocycles. The maximum absolute atomic E-state index is 12.1. The Morgan fingerprint density at radius 3 is 2.48 bits per heavy atom. The van der Waals surface area contributed by atoms with E-state index < -0.39 is 0 Å². The molecule has 120 valence electrons. The van der Waals surface area contributed by atoms with Crippen molar-refractivity contribution in [1.82, 2.24) is 9.78 Å². The average Bonchev–Trinajstić information content (AvgIpc) is 2.57. The molecule has 1 heterocycles. The van der Waals surface area contributed by atoms with E-state index in [1.54, 1.807) is 21.0 Å². The normalized spacial score (nSPS) is 10.2. The van der Waals surface area contributed by atoms with Crippen LogP contribution in [-0.2, 0) is 6.54 Å². The van der Waals surface area contributed by atoms with Gasteiger partial charge in [0.25, 0.3) is 5.56 Å². The van der Waals surface area contributed by atoms with Gasteiger partial charge in [-0.2, -0.15) is 10.4 Å². The number of hydrogen-bond acceptors (Lipinski definition) is 5. The minimum absolute atomic E-state index is 0.161. The second kappa shape index (κ2) is 7.45. The summed E-state index contributed by atoms with van der Waals surface area (Å²) in [5.74, 6) is 1.51. The molecule has 0 amide bonds. The lowest BCUT2D eigenvalue weighted by molar-refractivity contribution is 0.296. The number of aromatic nitrogens is 2. The topological polar surface area (TPSA) is 77.1 Å². The summed E-state index contributed by atoms with van der Waals surface area (Å²) in [6, 6.07) is 9.25. The quantitative estimate of drug-likeness (QED) is 0.764. The van der Waals surface area contributed by atoms with Crippen molar-refractivity contribution in [3.05, 3.63) is 51.4 Å². The Balaban J connectivity index is 1.95. The Kier molecular flexibility index (Phi) is 5.36. The molecule has 6 heteroatoms. The minimum Gasteiger partial charge on any atom is -0.497 e. The molecule has 0 fully saturated rings. The highest BCUT2D eigenvalue weighted by molar-refractivity contribution is 5.36. The van der Waals surface area contributed by atoms with Crippen LogP contribution in [0.1, 0.15) is 23.2 Å². The van der Waals surface area contributed by atoms with E-state index in [0.29, 0.717) is 30.8 Å². The highest BCUT2D eigenvalue weighted by atomic mass is 16.5. The molecule has 0 bridgehead atoms. The van der Waals surface area contributed by atoms with Gasteiger partial charge in [-0.05, 0) is 43.7 Å². The highest BCUT2D eigenvalue weighted by Gasteiger charge is 2.11. The summed E-state index contributed by atoms with van der Waals surface area (Å²) in [5, 5.41) is 13.3. The van der Waals surface area contributed by atoms with E-state index >= 15 is 0 Å². The number of methoxy groups -OCH3 is 1. The van der Waals surface area contributed by atoms with Crippen LogP contribution in [0.2, 0.25) is 0 Å². The predicted octanol–water partition coefficient (Wildman–Crippen LogP) is 2.21. The molecular formula is C17H19N3O3. The Bertz CT molecular complexity index is 773. The fourth-order valence-electron chi connectivity index (χ4n) is 2.13. The van der Waals surface area contributed by atoms with Gasteiger partial charge in [0.05, 0.1) is 19.4 Å². The van der Waals surface area contributed by atoms with E-state index in [1.807, 2.05) is 30.3 Å². The number of hydrogen-bond donors (Lipinski definition) is 0. The molecule has 0 N–H and O–H groups in total. The fourth-order valence-corrected chi connectivity index (χ4v) is 2.13. The van der Waals surface area contributed by atoms with Gasteiger partial charge in [-0.25, -0.2) is 4.68 Å². The molecule has 1 aromatic heterocycles. The summed E-state index contributed by atoms with van der Waals surface area (Å²) in [7, 11) is 1.61. The second-order valence-corrected chi connectivity index (χ2v) is 5.10. The van der Waals surface area contributed by atoms with E-state index in [9.17, 15) is 4.79 Å². The van der Waals surface area contributed by atoms with Gasteiger partial charge >= 0.3 is 0 Å². The lowest BCUT2D eigenvalue weighted by Gasteiger charge is -2.10. The number of nitrogens with zero attached hydrogens (tertiary/aromatic N) is 3. The first-order chi connectivity index (χ1) is 11.1. The zero-order valence-electron chi connectivity index (χ0n) is 13.5. The average molecular weight is 313 g/mol. The first-order valence-electron chi connectivity index (χ1n) is 7.32. The zero-order valence-corrected chi connectivity index (χ0v) is 13.5. The lowest BCUT2D eigenvalue weighted by Crippen LogP contribution is -2.28. The number of nitriles is 1. The molecule has 23 heavy (non-hydrogen) atoms. The molecule has 0 saturated carbocycles. The zero-order chi connectivity index (χ0) is 16.8. The molecule has 2 rings (SSSR count). The van der Waals surface area contributed by atoms with Gasteiger partial charge in [-0.15, -0.1) is 0 Å². The number of benzene rings is 1. The lowest BCUT2D eigenvalue weighted by atomic mass is 10.1. The highest BCUT2D eigenvalue weighted by Crippen LogP contribution is 2.17. The van der Waals surface area contributed by atoms with Crippen LogP contribution < -0.4 is 15.0 Å². The smallest absolute Gasteiger partial charge is 0.284 e. The van der Waals surface area contributed by atoms with Crippen molar-refractivity contribution in [1.29, 1.82) is 5.26 Å². The molecule has 2 aromatic rings. The van der Waals surface area contributed by atoms with Gasteiger partial charge in [-0.1, -0.05) is 0 Å². The summed E-state index contributed by atoms with van der Waals surface area (Å²) < 4.78 is 12.0. The van der Waals surface area contributed by atoms with Gasteiger partial charge in [-0.3, -0.25) is 4.79 Å². The van der Waals surface area contributed by atoms with Crippen LogP contribution in [0, 0.1) is 25.2 Å². The van der Waals surface area contributed by atoms with Gasteiger partial charge in [0, 0.05) is 13.0 Å². The number of rotatable bonds is 6. The first-order valence-corrected chi connectivity index (χ1v) is 7.32. The van der Waals surface area contributed by atoms with Crippen LogP contribution >= 0.6 is 0 Å². The third-order valence-corrected chi connectivity index (χ3v) is 3.59. The first kappa shape index (κ1) is 16.6. The van der Waals surface area contributed by atoms with E-state index in [1.165, 1.54) is 4.68 Å². The van der Waals surface area contributed by atoms with Gasteiger partial charge in [0.2, 0.25) is 0 Å². The summed E-state index contributed by atoms with van der Waals surface area (Å²) in [6.45, 7) is 4.39. The largest absolute Gasteiger partial charge is 0.497 e. The molecule has 0 aliphatic rings. The summed E-state index contributed by atoms with van der Waals surface area (Å²) in [6.07, 6.45) is 0.617. The van der Waals surface area contributed by atoms with E-state index in [2.05, 4.69) is 5.10 Å². The molecule has 0 radical (unpaired) electrons. The maximum Gasteiger partial charge on any atom is 0.284 e.